The summed E-state index contributed by atoms with van der Waals surface area (Å²) in [6.45, 7) is 2.50. The molecule has 0 atom stereocenters. The number of aryl methyl sites for hydroxylation is 1. The molecule has 1 N–H and O–H groups in total. The van der Waals surface area contributed by atoms with Crippen LogP contribution in [0.3, 0.4) is 0 Å². The number of hydrogen-bond acceptors (Lipinski definition) is 5. The molecule has 5 nitrogen and oxygen atoms in total. The predicted octanol–water partition coefficient (Wildman–Crippen LogP) is 5.43. The van der Waals surface area contributed by atoms with Gasteiger partial charge in [0.25, 0.3) is 0 Å². The molecule has 4 rings (SSSR count). The van der Waals surface area contributed by atoms with E-state index in [4.69, 9.17) is 4.52 Å². The van der Waals surface area contributed by atoms with Crippen LogP contribution in [0.5, 0.6) is 0 Å². The zero-order valence-electron chi connectivity index (χ0n) is 16.0. The number of rotatable bonds is 6. The largest absolute Gasteiger partial charge is 0.374 e. The van der Waals surface area contributed by atoms with Gasteiger partial charge in [-0.1, -0.05) is 59.8 Å². The topological polar surface area (TPSA) is 54.2 Å². The van der Waals surface area contributed by atoms with Gasteiger partial charge in [0.15, 0.2) is 0 Å². The van der Waals surface area contributed by atoms with Crippen molar-refractivity contribution in [3.05, 3.63) is 90.3 Å². The summed E-state index contributed by atoms with van der Waals surface area (Å²) in [7, 11) is 2.05. The first kappa shape index (κ1) is 17.8. The van der Waals surface area contributed by atoms with Crippen molar-refractivity contribution in [3.8, 4) is 11.4 Å². The maximum Gasteiger partial charge on any atom is 0.246 e. The van der Waals surface area contributed by atoms with Gasteiger partial charge in [-0.15, -0.1) is 0 Å². The third-order valence-electron chi connectivity index (χ3n) is 4.69. The standard InChI is InChI=1S/C23H22N4O/c1-17-10-6-7-13-19(17)23-25-22(28-26-23)16-24-20-14-8-9-15-21(20)27(2)18-11-4-3-5-12-18/h3-15,24H,16H2,1-2H3. The molecule has 4 aromatic rings. The van der Waals surface area contributed by atoms with Crippen LogP contribution in [0.25, 0.3) is 11.4 Å². The smallest absolute Gasteiger partial charge is 0.246 e. The van der Waals surface area contributed by atoms with E-state index >= 15 is 0 Å². The monoisotopic (exact) mass is 370 g/mol. The predicted molar refractivity (Wildman–Crippen MR) is 113 cm³/mol. The molecule has 0 aliphatic heterocycles. The number of nitrogens with one attached hydrogen (secondary N) is 1. The van der Waals surface area contributed by atoms with Gasteiger partial charge < -0.3 is 14.7 Å². The second kappa shape index (κ2) is 7.96. The minimum atomic E-state index is 0.457. The Morgan fingerprint density at radius 3 is 2.43 bits per heavy atom. The van der Waals surface area contributed by atoms with Crippen LogP contribution in [-0.2, 0) is 6.54 Å². The third kappa shape index (κ3) is 3.74. The Balaban J connectivity index is 1.51. The highest BCUT2D eigenvalue weighted by molar-refractivity contribution is 5.75. The fourth-order valence-corrected chi connectivity index (χ4v) is 3.14. The molecule has 0 spiro atoms. The van der Waals surface area contributed by atoms with Gasteiger partial charge in [0.2, 0.25) is 11.7 Å². The van der Waals surface area contributed by atoms with Gasteiger partial charge in [-0.25, -0.2) is 0 Å². The van der Waals surface area contributed by atoms with Crippen LogP contribution < -0.4 is 10.2 Å². The highest BCUT2D eigenvalue weighted by Gasteiger charge is 2.12. The van der Waals surface area contributed by atoms with E-state index in [1.807, 2.05) is 67.6 Å². The molecule has 28 heavy (non-hydrogen) atoms. The summed E-state index contributed by atoms with van der Waals surface area (Å²) < 4.78 is 5.44. The first-order valence-corrected chi connectivity index (χ1v) is 9.22. The van der Waals surface area contributed by atoms with E-state index in [9.17, 15) is 0 Å². The van der Waals surface area contributed by atoms with Gasteiger partial charge in [-0.2, -0.15) is 4.98 Å². The van der Waals surface area contributed by atoms with Crippen molar-refractivity contribution in [2.45, 2.75) is 13.5 Å². The molecule has 3 aromatic carbocycles. The van der Waals surface area contributed by atoms with Gasteiger partial charge in [-0.3, -0.25) is 0 Å². The number of aromatic nitrogens is 2. The number of nitrogens with zero attached hydrogens (tertiary/aromatic N) is 3. The van der Waals surface area contributed by atoms with E-state index in [2.05, 4.69) is 45.6 Å². The Morgan fingerprint density at radius 1 is 0.893 bits per heavy atom. The fraction of sp³-hybridized carbons (Fsp3) is 0.130. The molecule has 0 bridgehead atoms. The lowest BCUT2D eigenvalue weighted by atomic mass is 10.1. The second-order valence-corrected chi connectivity index (χ2v) is 6.59. The first-order chi connectivity index (χ1) is 13.7. The summed E-state index contributed by atoms with van der Waals surface area (Å²) in [4.78, 5) is 6.68. The van der Waals surface area contributed by atoms with E-state index in [1.54, 1.807) is 0 Å². The molecule has 0 aliphatic carbocycles. The van der Waals surface area contributed by atoms with Gasteiger partial charge in [0.1, 0.15) is 0 Å². The number of anilines is 3. The molecular formula is C23H22N4O. The van der Waals surface area contributed by atoms with Gasteiger partial charge >= 0.3 is 0 Å². The average Bonchev–Trinajstić information content (AvgIpc) is 3.22. The minimum absolute atomic E-state index is 0.457. The zero-order valence-corrected chi connectivity index (χ0v) is 16.0. The molecule has 0 saturated heterocycles. The van der Waals surface area contributed by atoms with E-state index in [0.29, 0.717) is 18.3 Å². The van der Waals surface area contributed by atoms with Crippen LogP contribution in [-0.4, -0.2) is 17.2 Å². The summed E-state index contributed by atoms with van der Waals surface area (Å²) in [6, 6.07) is 26.5. The summed E-state index contributed by atoms with van der Waals surface area (Å²) in [5, 5.41) is 7.55. The van der Waals surface area contributed by atoms with Crippen molar-refractivity contribution in [3.63, 3.8) is 0 Å². The lowest BCUT2D eigenvalue weighted by molar-refractivity contribution is 0.384. The van der Waals surface area contributed by atoms with Gasteiger partial charge in [-0.05, 0) is 36.8 Å². The molecule has 1 heterocycles. The van der Waals surface area contributed by atoms with Crippen molar-refractivity contribution in [1.82, 2.24) is 10.1 Å². The Morgan fingerprint density at radius 2 is 1.61 bits per heavy atom. The minimum Gasteiger partial charge on any atom is -0.374 e. The van der Waals surface area contributed by atoms with Crippen molar-refractivity contribution in [2.75, 3.05) is 17.3 Å². The van der Waals surface area contributed by atoms with Crippen molar-refractivity contribution < 1.29 is 4.52 Å². The van der Waals surface area contributed by atoms with Crippen LogP contribution in [0, 0.1) is 6.92 Å². The van der Waals surface area contributed by atoms with E-state index in [0.717, 1.165) is 28.2 Å². The Kier molecular flexibility index (Phi) is 5.06. The van der Waals surface area contributed by atoms with E-state index in [-0.39, 0.29) is 0 Å². The highest BCUT2D eigenvalue weighted by Crippen LogP contribution is 2.30. The summed E-state index contributed by atoms with van der Waals surface area (Å²) in [6.07, 6.45) is 0. The van der Waals surface area contributed by atoms with Gasteiger partial charge in [0.05, 0.1) is 17.9 Å². The molecule has 0 radical (unpaired) electrons. The molecule has 5 heteroatoms. The molecule has 0 amide bonds. The fourth-order valence-electron chi connectivity index (χ4n) is 3.14. The zero-order chi connectivity index (χ0) is 19.3. The maximum absolute atomic E-state index is 5.44. The normalized spacial score (nSPS) is 10.6. The van der Waals surface area contributed by atoms with Crippen LogP contribution in [0.1, 0.15) is 11.5 Å². The lowest BCUT2D eigenvalue weighted by Crippen LogP contribution is -2.12. The molecule has 0 fully saturated rings. The summed E-state index contributed by atoms with van der Waals surface area (Å²) in [5.41, 5.74) is 5.31. The van der Waals surface area contributed by atoms with E-state index < -0.39 is 0 Å². The van der Waals surface area contributed by atoms with E-state index in [1.165, 1.54) is 0 Å². The van der Waals surface area contributed by atoms with Crippen LogP contribution in [0.2, 0.25) is 0 Å². The van der Waals surface area contributed by atoms with Crippen LogP contribution >= 0.6 is 0 Å². The number of para-hydroxylation sites is 3. The molecule has 1 aromatic heterocycles. The molecule has 140 valence electrons. The third-order valence-corrected chi connectivity index (χ3v) is 4.69. The second-order valence-electron chi connectivity index (χ2n) is 6.59. The summed E-state index contributed by atoms with van der Waals surface area (Å²) in [5.74, 6) is 1.17. The molecule has 0 saturated carbocycles. The SMILES string of the molecule is Cc1ccccc1-c1noc(CNc2ccccc2N(C)c2ccccc2)n1. The van der Waals surface area contributed by atoms with Gasteiger partial charge in [0, 0.05) is 18.3 Å². The highest BCUT2D eigenvalue weighted by atomic mass is 16.5. The first-order valence-electron chi connectivity index (χ1n) is 9.22. The lowest BCUT2D eigenvalue weighted by Gasteiger charge is -2.22. The van der Waals surface area contributed by atoms with Crippen molar-refractivity contribution in [2.24, 2.45) is 0 Å². The quantitative estimate of drug-likeness (QED) is 0.491. The maximum atomic E-state index is 5.44. The van der Waals surface area contributed by atoms with Crippen molar-refractivity contribution in [1.29, 1.82) is 0 Å². The Hall–Kier alpha value is -3.60. The number of benzene rings is 3. The number of hydrogen-bond donors (Lipinski definition) is 1. The van der Waals surface area contributed by atoms with Crippen LogP contribution in [0.4, 0.5) is 17.1 Å². The Labute approximate surface area is 164 Å². The Bertz CT molecular complexity index is 1060. The average molecular weight is 370 g/mol. The molecule has 0 aliphatic rings. The van der Waals surface area contributed by atoms with Crippen molar-refractivity contribution >= 4 is 17.1 Å². The van der Waals surface area contributed by atoms with Crippen LogP contribution in [0.15, 0.2) is 83.4 Å². The molecule has 0 unspecified atom stereocenters. The molecular weight excluding hydrogens is 348 g/mol. The summed E-state index contributed by atoms with van der Waals surface area (Å²) >= 11 is 0.